The molecular formula is C13H18N2O3. The molecule has 0 atom stereocenters. The number of hydrogen-bond acceptors (Lipinski definition) is 5. The molecule has 1 aromatic rings. The van der Waals surface area contributed by atoms with E-state index in [1.165, 1.54) is 0 Å². The quantitative estimate of drug-likeness (QED) is 0.657. The molecule has 18 heavy (non-hydrogen) atoms. The summed E-state index contributed by atoms with van der Waals surface area (Å²) in [6, 6.07) is 5.41. The van der Waals surface area contributed by atoms with E-state index in [9.17, 15) is 0 Å². The van der Waals surface area contributed by atoms with Gasteiger partial charge in [0.05, 0.1) is 18.2 Å². The Kier molecular flexibility index (Phi) is 6.77. The Labute approximate surface area is 107 Å². The van der Waals surface area contributed by atoms with Gasteiger partial charge < -0.3 is 14.2 Å². The third kappa shape index (κ3) is 5.62. The van der Waals surface area contributed by atoms with Crippen LogP contribution in [0.3, 0.4) is 0 Å². The summed E-state index contributed by atoms with van der Waals surface area (Å²) < 4.78 is 15.7. The van der Waals surface area contributed by atoms with E-state index in [-0.39, 0.29) is 0 Å². The van der Waals surface area contributed by atoms with E-state index in [0.717, 1.165) is 12.1 Å². The minimum absolute atomic E-state index is 0.425. The van der Waals surface area contributed by atoms with Gasteiger partial charge in [-0.1, -0.05) is 0 Å². The van der Waals surface area contributed by atoms with Gasteiger partial charge in [-0.25, -0.2) is 4.98 Å². The van der Waals surface area contributed by atoms with Crippen LogP contribution in [0.1, 0.15) is 17.7 Å². The van der Waals surface area contributed by atoms with Crippen LogP contribution in [0.2, 0.25) is 0 Å². The van der Waals surface area contributed by atoms with Crippen molar-refractivity contribution in [2.45, 2.75) is 13.3 Å². The number of ether oxygens (including phenoxy) is 3. The van der Waals surface area contributed by atoms with Crippen LogP contribution in [-0.2, 0) is 9.47 Å². The maximum Gasteiger partial charge on any atom is 0.214 e. The molecule has 0 N–H and O–H groups in total. The summed E-state index contributed by atoms with van der Waals surface area (Å²) >= 11 is 0. The molecule has 0 saturated heterocycles. The Bertz CT molecular complexity index is 402. The van der Waals surface area contributed by atoms with Gasteiger partial charge in [-0.2, -0.15) is 5.26 Å². The second-order valence-electron chi connectivity index (χ2n) is 3.75. The van der Waals surface area contributed by atoms with Crippen molar-refractivity contribution < 1.29 is 14.2 Å². The normalized spacial score (nSPS) is 10.1. The minimum Gasteiger partial charge on any atom is -0.475 e. The smallest absolute Gasteiger partial charge is 0.214 e. The fourth-order valence-corrected chi connectivity index (χ4v) is 1.39. The van der Waals surface area contributed by atoms with Gasteiger partial charge >= 0.3 is 0 Å². The molecule has 0 aromatic carbocycles. The Morgan fingerprint density at radius 1 is 1.22 bits per heavy atom. The van der Waals surface area contributed by atoms with Gasteiger partial charge in [-0.05, 0) is 19.4 Å². The van der Waals surface area contributed by atoms with E-state index in [1.807, 2.05) is 6.92 Å². The van der Waals surface area contributed by atoms with Crippen molar-refractivity contribution in [2.75, 3.05) is 33.5 Å². The number of aromatic nitrogens is 1. The van der Waals surface area contributed by atoms with Crippen LogP contribution < -0.4 is 4.74 Å². The van der Waals surface area contributed by atoms with Crippen LogP contribution >= 0.6 is 0 Å². The summed E-state index contributed by atoms with van der Waals surface area (Å²) in [7, 11) is 1.67. The standard InChI is InChI=1S/C13H18N2O3/c1-11-8-12(10-14)9-13(15-11)18-7-6-17-5-3-4-16-2/h8-9H,3-7H2,1-2H3. The van der Waals surface area contributed by atoms with Crippen molar-refractivity contribution in [3.8, 4) is 11.9 Å². The molecule has 98 valence electrons. The molecule has 1 aromatic heterocycles. The zero-order valence-electron chi connectivity index (χ0n) is 10.8. The topological polar surface area (TPSA) is 64.4 Å². The SMILES string of the molecule is COCCCOCCOc1cc(C#N)cc(C)n1. The predicted octanol–water partition coefficient (Wildman–Crippen LogP) is 1.69. The van der Waals surface area contributed by atoms with Gasteiger partial charge in [0.2, 0.25) is 5.88 Å². The molecule has 5 nitrogen and oxygen atoms in total. The zero-order chi connectivity index (χ0) is 13.2. The van der Waals surface area contributed by atoms with Gasteiger partial charge in [0, 0.05) is 32.1 Å². The minimum atomic E-state index is 0.425. The maximum absolute atomic E-state index is 8.81. The van der Waals surface area contributed by atoms with Crippen molar-refractivity contribution in [3.05, 3.63) is 23.4 Å². The summed E-state index contributed by atoms with van der Waals surface area (Å²) in [6.07, 6.45) is 0.873. The van der Waals surface area contributed by atoms with E-state index in [4.69, 9.17) is 19.5 Å². The molecule has 0 spiro atoms. The maximum atomic E-state index is 8.81. The van der Waals surface area contributed by atoms with E-state index < -0.39 is 0 Å². The first-order valence-corrected chi connectivity index (χ1v) is 5.84. The molecule has 0 unspecified atom stereocenters. The monoisotopic (exact) mass is 250 g/mol. The first-order valence-electron chi connectivity index (χ1n) is 5.84. The molecule has 0 amide bonds. The van der Waals surface area contributed by atoms with Gasteiger partial charge in [-0.15, -0.1) is 0 Å². The van der Waals surface area contributed by atoms with Crippen LogP contribution in [0, 0.1) is 18.3 Å². The van der Waals surface area contributed by atoms with Crippen LogP contribution in [0.25, 0.3) is 0 Å². The average Bonchev–Trinajstić information content (AvgIpc) is 2.37. The number of nitriles is 1. The number of nitrogens with zero attached hydrogens (tertiary/aromatic N) is 2. The number of pyridine rings is 1. The number of rotatable bonds is 8. The molecule has 0 aliphatic rings. The lowest BCUT2D eigenvalue weighted by Gasteiger charge is -2.07. The molecule has 0 bridgehead atoms. The van der Waals surface area contributed by atoms with Crippen LogP contribution in [0.15, 0.2) is 12.1 Å². The second kappa shape index (κ2) is 8.45. The van der Waals surface area contributed by atoms with Crippen LogP contribution in [0.4, 0.5) is 0 Å². The second-order valence-corrected chi connectivity index (χ2v) is 3.75. The van der Waals surface area contributed by atoms with Crippen LogP contribution in [-0.4, -0.2) is 38.5 Å². The lowest BCUT2D eigenvalue weighted by molar-refractivity contribution is 0.0795. The Hall–Kier alpha value is -1.64. The van der Waals surface area contributed by atoms with Gasteiger partial charge in [0.25, 0.3) is 0 Å². The first kappa shape index (κ1) is 14.4. The molecule has 0 saturated carbocycles. The molecule has 5 heteroatoms. The number of methoxy groups -OCH3 is 1. The van der Waals surface area contributed by atoms with Crippen molar-refractivity contribution in [2.24, 2.45) is 0 Å². The Morgan fingerprint density at radius 3 is 2.78 bits per heavy atom. The lowest BCUT2D eigenvalue weighted by Crippen LogP contribution is -2.09. The van der Waals surface area contributed by atoms with E-state index in [1.54, 1.807) is 19.2 Å². The molecule has 0 aliphatic carbocycles. The van der Waals surface area contributed by atoms with Crippen molar-refractivity contribution >= 4 is 0 Å². The van der Waals surface area contributed by atoms with Gasteiger partial charge in [-0.3, -0.25) is 0 Å². The van der Waals surface area contributed by atoms with Crippen molar-refractivity contribution in [1.82, 2.24) is 4.98 Å². The lowest BCUT2D eigenvalue weighted by atomic mass is 10.2. The zero-order valence-corrected chi connectivity index (χ0v) is 10.8. The fourth-order valence-electron chi connectivity index (χ4n) is 1.39. The van der Waals surface area contributed by atoms with Crippen molar-refractivity contribution in [1.29, 1.82) is 5.26 Å². The van der Waals surface area contributed by atoms with Gasteiger partial charge in [0.15, 0.2) is 0 Å². The van der Waals surface area contributed by atoms with Gasteiger partial charge in [0.1, 0.15) is 6.61 Å². The Morgan fingerprint density at radius 2 is 2.06 bits per heavy atom. The highest BCUT2D eigenvalue weighted by molar-refractivity contribution is 5.33. The average molecular weight is 250 g/mol. The summed E-state index contributed by atoms with van der Waals surface area (Å²) in [5.41, 5.74) is 1.32. The van der Waals surface area contributed by atoms with Crippen LogP contribution in [0.5, 0.6) is 5.88 Å². The van der Waals surface area contributed by atoms with E-state index >= 15 is 0 Å². The van der Waals surface area contributed by atoms with Crippen molar-refractivity contribution in [3.63, 3.8) is 0 Å². The highest BCUT2D eigenvalue weighted by Crippen LogP contribution is 2.11. The molecule has 0 radical (unpaired) electrons. The third-order valence-electron chi connectivity index (χ3n) is 2.17. The summed E-state index contributed by atoms with van der Waals surface area (Å²) in [6.45, 7) is 4.11. The third-order valence-corrected chi connectivity index (χ3v) is 2.17. The highest BCUT2D eigenvalue weighted by Gasteiger charge is 2.00. The number of aryl methyl sites for hydroxylation is 1. The fraction of sp³-hybridized carbons (Fsp3) is 0.538. The largest absolute Gasteiger partial charge is 0.475 e. The summed E-state index contributed by atoms with van der Waals surface area (Å²) in [5.74, 6) is 0.465. The number of hydrogen-bond donors (Lipinski definition) is 0. The first-order chi connectivity index (χ1) is 8.76. The molecule has 1 rings (SSSR count). The van der Waals surface area contributed by atoms with E-state index in [0.29, 0.717) is 37.9 Å². The Balaban J connectivity index is 2.23. The van der Waals surface area contributed by atoms with E-state index in [2.05, 4.69) is 11.1 Å². The highest BCUT2D eigenvalue weighted by atomic mass is 16.5. The predicted molar refractivity (Wildman–Crippen MR) is 66.5 cm³/mol. The molecule has 1 heterocycles. The summed E-state index contributed by atoms with van der Waals surface area (Å²) in [4.78, 5) is 4.18. The molecule has 0 fully saturated rings. The summed E-state index contributed by atoms with van der Waals surface area (Å²) in [5, 5.41) is 8.81. The molecule has 0 aliphatic heterocycles. The molecular weight excluding hydrogens is 232 g/mol.